The van der Waals surface area contributed by atoms with Gasteiger partial charge in [-0.05, 0) is 30.5 Å². The van der Waals surface area contributed by atoms with Gasteiger partial charge in [-0.15, -0.1) is 0 Å². The Balaban J connectivity index is 2.46. The zero-order valence-electron chi connectivity index (χ0n) is 9.71. The maximum absolute atomic E-state index is 6.03. The summed E-state index contributed by atoms with van der Waals surface area (Å²) in [5, 5.41) is 0.563. The molecule has 2 aromatic rings. The van der Waals surface area contributed by atoms with Crippen molar-refractivity contribution < 1.29 is 0 Å². The minimum Gasteiger partial charge on any atom is -0.347 e. The molecule has 0 spiro atoms. The molecule has 2 rings (SSSR count). The third-order valence-electron chi connectivity index (χ3n) is 3.17. The van der Waals surface area contributed by atoms with E-state index in [-0.39, 0.29) is 5.92 Å². The van der Waals surface area contributed by atoms with Crippen molar-refractivity contribution in [1.29, 1.82) is 0 Å². The molecule has 0 saturated heterocycles. The van der Waals surface area contributed by atoms with Crippen LogP contribution in [-0.2, 0) is 0 Å². The van der Waals surface area contributed by atoms with Crippen molar-refractivity contribution in [2.24, 2.45) is 0 Å². The molecule has 1 N–H and O–H groups in total. The molecule has 1 unspecified atom stereocenters. The van der Waals surface area contributed by atoms with Crippen LogP contribution in [-0.4, -0.2) is 9.97 Å². The number of nitrogens with zero attached hydrogens (tertiary/aromatic N) is 1. The van der Waals surface area contributed by atoms with E-state index in [1.807, 2.05) is 0 Å². The van der Waals surface area contributed by atoms with Crippen molar-refractivity contribution >= 4 is 11.6 Å². The average Bonchev–Trinajstić information content (AvgIpc) is 2.68. The van der Waals surface area contributed by atoms with Crippen LogP contribution in [0.15, 0.2) is 24.5 Å². The van der Waals surface area contributed by atoms with E-state index in [0.717, 1.165) is 5.69 Å². The Morgan fingerprint density at radius 1 is 1.31 bits per heavy atom. The summed E-state index contributed by atoms with van der Waals surface area (Å²) in [6, 6.07) is 6.35. The van der Waals surface area contributed by atoms with E-state index in [9.17, 15) is 0 Å². The first-order chi connectivity index (χ1) is 7.61. The van der Waals surface area contributed by atoms with Crippen molar-refractivity contribution in [2.45, 2.75) is 26.7 Å². The van der Waals surface area contributed by atoms with E-state index >= 15 is 0 Å². The third-order valence-corrected chi connectivity index (χ3v) is 3.47. The molecule has 0 amide bonds. The second-order valence-electron chi connectivity index (χ2n) is 4.12. The zero-order valence-corrected chi connectivity index (χ0v) is 10.5. The van der Waals surface area contributed by atoms with Crippen LogP contribution in [0.2, 0.25) is 5.15 Å². The minimum absolute atomic E-state index is 0.245. The highest BCUT2D eigenvalue weighted by Crippen LogP contribution is 2.30. The summed E-state index contributed by atoms with van der Waals surface area (Å²) in [5.41, 5.74) is 4.90. The summed E-state index contributed by atoms with van der Waals surface area (Å²) in [6.45, 7) is 6.41. The topological polar surface area (TPSA) is 28.7 Å². The second kappa shape index (κ2) is 4.30. The Kier molecular flexibility index (Phi) is 3.01. The van der Waals surface area contributed by atoms with Gasteiger partial charge in [-0.25, -0.2) is 4.98 Å². The van der Waals surface area contributed by atoms with Gasteiger partial charge in [0.05, 0.1) is 12.0 Å². The lowest BCUT2D eigenvalue weighted by molar-refractivity contribution is 0.871. The molecular weight excluding hydrogens is 220 g/mol. The molecule has 84 valence electrons. The van der Waals surface area contributed by atoms with E-state index in [1.165, 1.54) is 16.7 Å². The SMILES string of the molecule is Cc1cccc(C(C)c2[nH]cnc2Cl)c1C. The van der Waals surface area contributed by atoms with E-state index in [4.69, 9.17) is 11.6 Å². The van der Waals surface area contributed by atoms with Gasteiger partial charge in [0.15, 0.2) is 5.15 Å². The zero-order chi connectivity index (χ0) is 11.7. The summed E-state index contributed by atoms with van der Waals surface area (Å²) in [7, 11) is 0. The maximum atomic E-state index is 6.03. The molecule has 0 saturated carbocycles. The number of hydrogen-bond donors (Lipinski definition) is 1. The lowest BCUT2D eigenvalue weighted by Crippen LogP contribution is -2.01. The highest BCUT2D eigenvalue weighted by Gasteiger charge is 2.16. The third kappa shape index (κ3) is 1.85. The Morgan fingerprint density at radius 2 is 2.06 bits per heavy atom. The molecule has 0 bridgehead atoms. The summed E-state index contributed by atoms with van der Waals surface area (Å²) < 4.78 is 0. The van der Waals surface area contributed by atoms with Gasteiger partial charge in [-0.2, -0.15) is 0 Å². The minimum atomic E-state index is 0.245. The molecule has 2 nitrogen and oxygen atoms in total. The number of hydrogen-bond acceptors (Lipinski definition) is 1. The predicted octanol–water partition coefficient (Wildman–Crippen LogP) is 3.83. The number of aromatic nitrogens is 2. The van der Waals surface area contributed by atoms with Crippen LogP contribution in [0.25, 0.3) is 0 Å². The van der Waals surface area contributed by atoms with Crippen LogP contribution in [0.5, 0.6) is 0 Å². The average molecular weight is 235 g/mol. The van der Waals surface area contributed by atoms with Crippen LogP contribution in [0.3, 0.4) is 0 Å². The fourth-order valence-electron chi connectivity index (χ4n) is 1.99. The number of rotatable bonds is 2. The van der Waals surface area contributed by atoms with Gasteiger partial charge in [-0.1, -0.05) is 36.7 Å². The molecule has 1 atom stereocenters. The molecule has 0 fully saturated rings. The fraction of sp³-hybridized carbons (Fsp3) is 0.308. The monoisotopic (exact) mass is 234 g/mol. The van der Waals surface area contributed by atoms with Crippen molar-refractivity contribution in [3.8, 4) is 0 Å². The fourth-order valence-corrected chi connectivity index (χ4v) is 2.26. The van der Waals surface area contributed by atoms with Gasteiger partial charge in [0.25, 0.3) is 0 Å². The Hall–Kier alpha value is -1.28. The number of imidazole rings is 1. The standard InChI is InChI=1S/C13H15ClN2/c1-8-5-4-6-11(9(8)2)10(3)12-13(14)16-7-15-12/h4-7,10H,1-3H3,(H,15,16). The molecule has 0 radical (unpaired) electrons. The van der Waals surface area contributed by atoms with Gasteiger partial charge < -0.3 is 4.98 Å². The van der Waals surface area contributed by atoms with Crippen LogP contribution < -0.4 is 0 Å². The largest absolute Gasteiger partial charge is 0.347 e. The summed E-state index contributed by atoms with van der Waals surface area (Å²) in [4.78, 5) is 7.13. The lowest BCUT2D eigenvalue weighted by Gasteiger charge is -2.15. The summed E-state index contributed by atoms with van der Waals surface area (Å²) in [6.07, 6.45) is 1.64. The predicted molar refractivity (Wildman–Crippen MR) is 67.0 cm³/mol. The molecule has 3 heteroatoms. The molecule has 0 aliphatic rings. The lowest BCUT2D eigenvalue weighted by atomic mass is 9.92. The number of nitrogens with one attached hydrogen (secondary N) is 1. The van der Waals surface area contributed by atoms with Gasteiger partial charge >= 0.3 is 0 Å². The first-order valence-corrected chi connectivity index (χ1v) is 5.74. The van der Waals surface area contributed by atoms with E-state index in [1.54, 1.807) is 6.33 Å². The molecule has 0 aliphatic carbocycles. The van der Waals surface area contributed by atoms with Crippen LogP contribution in [0.1, 0.15) is 35.2 Å². The first kappa shape index (κ1) is 11.2. The molecular formula is C13H15ClN2. The molecule has 1 aromatic carbocycles. The molecule has 16 heavy (non-hydrogen) atoms. The first-order valence-electron chi connectivity index (χ1n) is 5.36. The number of H-pyrrole nitrogens is 1. The number of aromatic amines is 1. The highest BCUT2D eigenvalue weighted by atomic mass is 35.5. The molecule has 1 heterocycles. The van der Waals surface area contributed by atoms with Crippen molar-refractivity contribution in [1.82, 2.24) is 9.97 Å². The van der Waals surface area contributed by atoms with E-state index < -0.39 is 0 Å². The Bertz CT molecular complexity index is 502. The van der Waals surface area contributed by atoms with Crippen LogP contribution >= 0.6 is 11.6 Å². The molecule has 1 aromatic heterocycles. The van der Waals surface area contributed by atoms with Gasteiger partial charge in [-0.3, -0.25) is 0 Å². The Morgan fingerprint density at radius 3 is 2.69 bits per heavy atom. The van der Waals surface area contributed by atoms with Crippen molar-refractivity contribution in [2.75, 3.05) is 0 Å². The van der Waals surface area contributed by atoms with Crippen molar-refractivity contribution in [3.05, 3.63) is 52.1 Å². The molecule has 0 aliphatic heterocycles. The Labute approximate surface area is 101 Å². The maximum Gasteiger partial charge on any atom is 0.150 e. The second-order valence-corrected chi connectivity index (χ2v) is 4.48. The van der Waals surface area contributed by atoms with Crippen molar-refractivity contribution in [3.63, 3.8) is 0 Å². The number of benzene rings is 1. The number of aryl methyl sites for hydroxylation is 1. The number of halogens is 1. The summed E-state index contributed by atoms with van der Waals surface area (Å²) >= 11 is 6.03. The quantitative estimate of drug-likeness (QED) is 0.841. The highest BCUT2D eigenvalue weighted by molar-refractivity contribution is 6.30. The van der Waals surface area contributed by atoms with E-state index in [0.29, 0.717) is 5.15 Å². The van der Waals surface area contributed by atoms with E-state index in [2.05, 4.69) is 48.9 Å². The van der Waals surface area contributed by atoms with Crippen LogP contribution in [0.4, 0.5) is 0 Å². The van der Waals surface area contributed by atoms with Crippen LogP contribution in [0, 0.1) is 13.8 Å². The summed E-state index contributed by atoms with van der Waals surface area (Å²) in [5.74, 6) is 0.245. The van der Waals surface area contributed by atoms with Gasteiger partial charge in [0, 0.05) is 5.92 Å². The van der Waals surface area contributed by atoms with Gasteiger partial charge in [0.2, 0.25) is 0 Å². The van der Waals surface area contributed by atoms with Gasteiger partial charge in [0.1, 0.15) is 0 Å². The normalized spacial score (nSPS) is 12.8. The smallest absolute Gasteiger partial charge is 0.150 e.